The third-order valence-electron chi connectivity index (χ3n) is 5.98. The van der Waals surface area contributed by atoms with Gasteiger partial charge in [0.15, 0.2) is 5.82 Å². The second-order valence-corrected chi connectivity index (χ2v) is 9.56. The van der Waals surface area contributed by atoms with Crippen molar-refractivity contribution in [2.75, 3.05) is 5.32 Å². The molecule has 0 aliphatic carbocycles. The molecule has 0 bridgehead atoms. The Hall–Kier alpha value is -4.11. The van der Waals surface area contributed by atoms with E-state index in [0.29, 0.717) is 50.4 Å². The topological polar surface area (TPSA) is 77.8 Å². The summed E-state index contributed by atoms with van der Waals surface area (Å²) in [6.07, 6.45) is 1.50. The molecule has 0 atom stereocenters. The van der Waals surface area contributed by atoms with Gasteiger partial charge in [-0.05, 0) is 76.2 Å². The Balaban J connectivity index is 1.40. The van der Waals surface area contributed by atoms with Gasteiger partial charge in [0.1, 0.15) is 35.2 Å². The number of pyridine rings is 1. The Morgan fingerprint density at radius 1 is 1.00 bits per heavy atom. The lowest BCUT2D eigenvalue weighted by molar-refractivity contribution is 0.294. The Morgan fingerprint density at radius 3 is 2.55 bits per heavy atom. The Morgan fingerprint density at radius 2 is 1.82 bits per heavy atom. The molecule has 5 aromatic rings. The molecule has 194 valence electrons. The lowest BCUT2D eigenvalue weighted by Gasteiger charge is -2.13. The van der Waals surface area contributed by atoms with Crippen molar-refractivity contribution in [1.82, 2.24) is 24.5 Å². The van der Waals surface area contributed by atoms with Crippen molar-refractivity contribution in [2.45, 2.75) is 40.3 Å². The number of fused-ring (bicyclic) bond motifs is 1. The maximum atomic E-state index is 15.0. The molecule has 0 aliphatic rings. The number of nitrogens with zero attached hydrogens (tertiary/aromatic N) is 5. The van der Waals surface area contributed by atoms with Crippen LogP contribution >= 0.6 is 11.6 Å². The molecule has 10 heteroatoms. The van der Waals surface area contributed by atoms with Gasteiger partial charge in [0.25, 0.3) is 0 Å². The van der Waals surface area contributed by atoms with Crippen molar-refractivity contribution in [3.63, 3.8) is 0 Å². The largest absolute Gasteiger partial charge is 0.486 e. The monoisotopic (exact) mass is 534 g/mol. The molecule has 0 unspecified atom stereocenters. The molecule has 1 N–H and O–H groups in total. The molecule has 7 nitrogen and oxygen atoms in total. The molecule has 3 aromatic heterocycles. The van der Waals surface area contributed by atoms with Crippen LogP contribution in [-0.2, 0) is 6.61 Å². The third kappa shape index (κ3) is 5.15. The average Bonchev–Trinajstić information content (AvgIpc) is 3.21. The summed E-state index contributed by atoms with van der Waals surface area (Å²) >= 11 is 6.41. The Bertz CT molecular complexity index is 1650. The second kappa shape index (κ2) is 10.3. The van der Waals surface area contributed by atoms with E-state index < -0.39 is 11.6 Å². The van der Waals surface area contributed by atoms with Crippen molar-refractivity contribution in [3.05, 3.63) is 88.6 Å². The first-order valence-corrected chi connectivity index (χ1v) is 12.4. The number of aromatic nitrogens is 5. The number of benzene rings is 2. The van der Waals surface area contributed by atoms with E-state index in [4.69, 9.17) is 16.3 Å². The van der Waals surface area contributed by atoms with Crippen molar-refractivity contribution in [2.24, 2.45) is 0 Å². The summed E-state index contributed by atoms with van der Waals surface area (Å²) < 4.78 is 36.5. The zero-order valence-corrected chi connectivity index (χ0v) is 22.0. The first-order valence-electron chi connectivity index (χ1n) is 12.0. The van der Waals surface area contributed by atoms with Gasteiger partial charge in [-0.1, -0.05) is 11.6 Å². The number of imidazole rings is 1. The van der Waals surface area contributed by atoms with E-state index in [0.717, 1.165) is 5.82 Å². The summed E-state index contributed by atoms with van der Waals surface area (Å²) in [5.41, 5.74) is 3.76. The molecule has 0 saturated heterocycles. The minimum Gasteiger partial charge on any atom is -0.486 e. The molecular formula is C28H25ClF2N6O. The number of hydrogen-bond donors (Lipinski definition) is 1. The maximum Gasteiger partial charge on any atom is 0.227 e. The summed E-state index contributed by atoms with van der Waals surface area (Å²) in [5, 5.41) is 3.47. The molecule has 0 radical (unpaired) electrons. The van der Waals surface area contributed by atoms with Crippen LogP contribution in [0.2, 0.25) is 5.02 Å². The predicted octanol–water partition coefficient (Wildman–Crippen LogP) is 7.34. The fraction of sp³-hybridized carbons (Fsp3) is 0.214. The van der Waals surface area contributed by atoms with E-state index >= 15 is 4.39 Å². The highest BCUT2D eigenvalue weighted by molar-refractivity contribution is 6.32. The normalized spacial score (nSPS) is 11.4. The molecule has 0 saturated carbocycles. The number of hydrogen-bond acceptors (Lipinski definition) is 6. The number of nitrogens with one attached hydrogen (secondary N) is 1. The average molecular weight is 535 g/mol. The number of rotatable bonds is 7. The van der Waals surface area contributed by atoms with Crippen molar-refractivity contribution in [1.29, 1.82) is 0 Å². The maximum absolute atomic E-state index is 15.0. The molecule has 5 rings (SSSR count). The lowest BCUT2D eigenvalue weighted by Crippen LogP contribution is -2.03. The molecular weight excluding hydrogens is 510 g/mol. The van der Waals surface area contributed by atoms with Crippen LogP contribution < -0.4 is 10.1 Å². The van der Waals surface area contributed by atoms with Crippen LogP contribution in [0.4, 0.5) is 20.4 Å². The summed E-state index contributed by atoms with van der Waals surface area (Å²) in [6, 6.07) is 13.2. The van der Waals surface area contributed by atoms with Crippen molar-refractivity contribution >= 4 is 34.3 Å². The van der Waals surface area contributed by atoms with E-state index in [9.17, 15) is 4.39 Å². The predicted molar refractivity (Wildman–Crippen MR) is 144 cm³/mol. The fourth-order valence-corrected chi connectivity index (χ4v) is 4.57. The zero-order chi connectivity index (χ0) is 27.0. The fourth-order valence-electron chi connectivity index (χ4n) is 4.34. The van der Waals surface area contributed by atoms with Crippen LogP contribution in [-0.4, -0.2) is 24.5 Å². The second-order valence-electron chi connectivity index (χ2n) is 9.16. The van der Waals surface area contributed by atoms with Crippen LogP contribution in [0.5, 0.6) is 5.75 Å². The van der Waals surface area contributed by atoms with E-state index in [1.807, 2.05) is 38.3 Å². The minimum absolute atomic E-state index is 0.0559. The Kier molecular flexibility index (Phi) is 6.94. The van der Waals surface area contributed by atoms with Crippen LogP contribution in [0.3, 0.4) is 0 Å². The van der Waals surface area contributed by atoms with Crippen LogP contribution in [0.1, 0.15) is 37.1 Å². The molecule has 0 spiro atoms. The van der Waals surface area contributed by atoms with Gasteiger partial charge in [-0.25, -0.2) is 23.7 Å². The minimum atomic E-state index is -0.447. The number of aryl methyl sites for hydroxylation is 2. The zero-order valence-electron chi connectivity index (χ0n) is 21.3. The smallest absolute Gasteiger partial charge is 0.227 e. The summed E-state index contributed by atoms with van der Waals surface area (Å²) in [7, 11) is 0. The molecule has 0 amide bonds. The summed E-state index contributed by atoms with van der Waals surface area (Å²) in [6.45, 7) is 7.73. The highest BCUT2D eigenvalue weighted by atomic mass is 35.5. The number of ether oxygens (including phenoxy) is 1. The van der Waals surface area contributed by atoms with Gasteiger partial charge in [0.05, 0.1) is 16.2 Å². The quantitative estimate of drug-likeness (QED) is 0.235. The lowest BCUT2D eigenvalue weighted by atomic mass is 10.1. The van der Waals surface area contributed by atoms with E-state index in [2.05, 4.69) is 25.3 Å². The van der Waals surface area contributed by atoms with Gasteiger partial charge < -0.3 is 14.6 Å². The molecule has 3 heterocycles. The van der Waals surface area contributed by atoms with Crippen molar-refractivity contribution in [3.8, 4) is 17.0 Å². The third-order valence-corrected chi connectivity index (χ3v) is 6.27. The van der Waals surface area contributed by atoms with E-state index in [1.165, 1.54) is 24.4 Å². The van der Waals surface area contributed by atoms with Gasteiger partial charge in [-0.3, -0.25) is 4.98 Å². The summed E-state index contributed by atoms with van der Waals surface area (Å²) in [5.74, 6) is 0.612. The molecule has 0 fully saturated rings. The van der Waals surface area contributed by atoms with Crippen molar-refractivity contribution < 1.29 is 13.5 Å². The van der Waals surface area contributed by atoms with Gasteiger partial charge >= 0.3 is 0 Å². The molecule has 2 aromatic carbocycles. The van der Waals surface area contributed by atoms with Crippen LogP contribution in [0.15, 0.2) is 54.7 Å². The number of halogens is 3. The standard InChI is InChI=1S/C28H25ClF2N6O/c1-15(2)37-17(4)34-27-22(31)11-18(12-25(27)37)23-10-16(3)33-28(36-23)35-19-7-8-26(20(29)13-19)38-14-24-21(30)6-5-9-32-24/h5-13,15H,14H2,1-4H3,(H,33,35,36). The first kappa shape index (κ1) is 25.5. The van der Waals surface area contributed by atoms with Crippen LogP contribution in [0, 0.1) is 25.5 Å². The number of anilines is 2. The first-order chi connectivity index (χ1) is 18.2. The highest BCUT2D eigenvalue weighted by Crippen LogP contribution is 2.32. The SMILES string of the molecule is Cc1cc(-c2cc(F)c3nc(C)n(C(C)C)c3c2)nc(Nc2ccc(OCc3ncccc3F)c(Cl)c2)n1. The summed E-state index contributed by atoms with van der Waals surface area (Å²) in [4.78, 5) is 17.5. The van der Waals surface area contributed by atoms with Gasteiger partial charge in [0.2, 0.25) is 5.95 Å². The highest BCUT2D eigenvalue weighted by Gasteiger charge is 2.17. The van der Waals surface area contributed by atoms with E-state index in [1.54, 1.807) is 24.3 Å². The van der Waals surface area contributed by atoms with Crippen LogP contribution in [0.25, 0.3) is 22.3 Å². The van der Waals surface area contributed by atoms with Gasteiger partial charge in [-0.15, -0.1) is 0 Å². The molecule has 38 heavy (non-hydrogen) atoms. The van der Waals surface area contributed by atoms with E-state index in [-0.39, 0.29) is 18.3 Å². The van der Waals surface area contributed by atoms with Gasteiger partial charge in [0, 0.05) is 29.2 Å². The molecule has 0 aliphatic heterocycles. The van der Waals surface area contributed by atoms with Gasteiger partial charge in [-0.2, -0.15) is 0 Å². The Labute approximate surface area is 223 Å².